The number of sulfonamides is 1. The van der Waals surface area contributed by atoms with Crippen LogP contribution in [0.15, 0.2) is 18.2 Å². The van der Waals surface area contributed by atoms with E-state index >= 15 is 0 Å². The summed E-state index contributed by atoms with van der Waals surface area (Å²) in [6, 6.07) is 6.02. The van der Waals surface area contributed by atoms with E-state index in [4.69, 9.17) is 0 Å². The summed E-state index contributed by atoms with van der Waals surface area (Å²) in [7, 11) is -3.23. The first kappa shape index (κ1) is 19.1. The van der Waals surface area contributed by atoms with E-state index in [1.54, 1.807) is 4.31 Å². The minimum absolute atomic E-state index is 0.0721. The van der Waals surface area contributed by atoms with Crippen molar-refractivity contribution in [1.29, 1.82) is 0 Å². The summed E-state index contributed by atoms with van der Waals surface area (Å²) in [5.74, 6) is 0.203. The molecular formula is C21H25N3O3S2. The maximum Gasteiger partial charge on any atom is 0.238 e. The molecule has 2 fully saturated rings. The van der Waals surface area contributed by atoms with Crippen LogP contribution in [0.2, 0.25) is 0 Å². The van der Waals surface area contributed by atoms with Crippen molar-refractivity contribution in [2.45, 2.75) is 57.1 Å². The van der Waals surface area contributed by atoms with Crippen molar-refractivity contribution < 1.29 is 13.2 Å². The van der Waals surface area contributed by atoms with Gasteiger partial charge < -0.3 is 5.32 Å². The molecule has 0 bridgehead atoms. The van der Waals surface area contributed by atoms with E-state index in [9.17, 15) is 13.2 Å². The minimum atomic E-state index is -3.23. The standard InChI is InChI=1S/C21H25N3O3S2/c1-13-19(28-21(22-13)23-20(25)14-4-2-5-14)16-7-10-18-15(12-16)6-3-11-24(18)29(26,27)17-8-9-17/h7,10,12,14,17H,2-6,8-9,11H2,1H3,(H,22,23,25). The molecular weight excluding hydrogens is 406 g/mol. The first-order chi connectivity index (χ1) is 13.9. The molecule has 0 spiro atoms. The largest absolute Gasteiger partial charge is 0.302 e. The third-order valence-electron chi connectivity index (χ3n) is 6.17. The summed E-state index contributed by atoms with van der Waals surface area (Å²) in [4.78, 5) is 17.8. The van der Waals surface area contributed by atoms with Gasteiger partial charge in [-0.05, 0) is 68.7 Å². The monoisotopic (exact) mass is 431 g/mol. The van der Waals surface area contributed by atoms with Crippen molar-refractivity contribution in [3.05, 3.63) is 29.5 Å². The number of carbonyl (C=O) groups is 1. The van der Waals surface area contributed by atoms with Crippen LogP contribution in [0, 0.1) is 12.8 Å². The number of nitrogens with one attached hydrogen (secondary N) is 1. The number of nitrogens with zero attached hydrogens (tertiary/aromatic N) is 2. The van der Waals surface area contributed by atoms with Crippen molar-refractivity contribution in [1.82, 2.24) is 4.98 Å². The fourth-order valence-electron chi connectivity index (χ4n) is 4.11. The SMILES string of the molecule is Cc1nc(NC(=O)C2CCC2)sc1-c1ccc2c(c1)CCCN2S(=O)(=O)C1CC1. The van der Waals surface area contributed by atoms with Gasteiger partial charge >= 0.3 is 0 Å². The van der Waals surface area contributed by atoms with E-state index in [-0.39, 0.29) is 17.1 Å². The van der Waals surface area contributed by atoms with Crippen LogP contribution in [0.4, 0.5) is 10.8 Å². The highest BCUT2D eigenvalue weighted by Gasteiger charge is 2.41. The van der Waals surface area contributed by atoms with E-state index in [1.165, 1.54) is 11.3 Å². The average molecular weight is 432 g/mol. The molecule has 0 radical (unpaired) electrons. The van der Waals surface area contributed by atoms with Crippen LogP contribution in [0.1, 0.15) is 49.8 Å². The molecule has 154 valence electrons. The number of hydrogen-bond acceptors (Lipinski definition) is 5. The molecule has 5 rings (SSSR count). The van der Waals surface area contributed by atoms with Gasteiger partial charge in [0, 0.05) is 12.5 Å². The smallest absolute Gasteiger partial charge is 0.238 e. The molecule has 2 heterocycles. The molecule has 0 saturated heterocycles. The Balaban J connectivity index is 1.42. The summed E-state index contributed by atoms with van der Waals surface area (Å²) < 4.78 is 27.2. The highest BCUT2D eigenvalue weighted by molar-refractivity contribution is 7.93. The molecule has 0 unspecified atom stereocenters. The minimum Gasteiger partial charge on any atom is -0.302 e. The fraction of sp³-hybridized carbons (Fsp3) is 0.524. The maximum atomic E-state index is 12.8. The molecule has 1 aliphatic heterocycles. The van der Waals surface area contributed by atoms with Crippen molar-refractivity contribution in [2.24, 2.45) is 5.92 Å². The van der Waals surface area contributed by atoms with E-state index in [1.807, 2.05) is 19.1 Å². The van der Waals surface area contributed by atoms with E-state index in [0.29, 0.717) is 11.7 Å². The van der Waals surface area contributed by atoms with Gasteiger partial charge in [0.25, 0.3) is 0 Å². The summed E-state index contributed by atoms with van der Waals surface area (Å²) in [6.45, 7) is 2.52. The molecule has 1 N–H and O–H groups in total. The quantitative estimate of drug-likeness (QED) is 0.773. The number of hydrogen-bond donors (Lipinski definition) is 1. The van der Waals surface area contributed by atoms with Crippen molar-refractivity contribution in [2.75, 3.05) is 16.2 Å². The second kappa shape index (κ2) is 7.09. The van der Waals surface area contributed by atoms with Crippen LogP contribution in [-0.2, 0) is 21.2 Å². The van der Waals surface area contributed by atoms with E-state index in [0.717, 1.165) is 72.3 Å². The summed E-state index contributed by atoms with van der Waals surface area (Å²) in [6.07, 6.45) is 6.34. The number of fused-ring (bicyclic) bond motifs is 1. The number of aromatic nitrogens is 1. The Labute approximate surface area is 175 Å². The van der Waals surface area contributed by atoms with Crippen LogP contribution in [0.3, 0.4) is 0 Å². The van der Waals surface area contributed by atoms with Gasteiger partial charge in [-0.25, -0.2) is 13.4 Å². The zero-order valence-corrected chi connectivity index (χ0v) is 18.1. The van der Waals surface area contributed by atoms with Crippen LogP contribution in [0.5, 0.6) is 0 Å². The van der Waals surface area contributed by atoms with Crippen LogP contribution < -0.4 is 9.62 Å². The third-order valence-corrected chi connectivity index (χ3v) is 9.60. The lowest BCUT2D eigenvalue weighted by Gasteiger charge is -2.31. The Morgan fingerprint density at radius 1 is 1.21 bits per heavy atom. The van der Waals surface area contributed by atoms with Gasteiger partial charge in [-0.1, -0.05) is 23.8 Å². The van der Waals surface area contributed by atoms with Gasteiger partial charge in [-0.15, -0.1) is 0 Å². The van der Waals surface area contributed by atoms with Gasteiger partial charge in [0.1, 0.15) is 0 Å². The van der Waals surface area contributed by atoms with E-state index < -0.39 is 10.0 Å². The van der Waals surface area contributed by atoms with Gasteiger partial charge in [0.2, 0.25) is 15.9 Å². The molecule has 1 amide bonds. The second-order valence-electron chi connectivity index (χ2n) is 8.31. The number of anilines is 2. The molecule has 3 aliphatic rings. The normalized spacial score (nSPS) is 19.6. The number of rotatable bonds is 5. The number of thiazole rings is 1. The number of benzene rings is 1. The Morgan fingerprint density at radius 2 is 2.00 bits per heavy atom. The topological polar surface area (TPSA) is 79.4 Å². The highest BCUT2D eigenvalue weighted by Crippen LogP contribution is 2.40. The van der Waals surface area contributed by atoms with Crippen LogP contribution in [0.25, 0.3) is 10.4 Å². The molecule has 0 atom stereocenters. The molecule has 6 nitrogen and oxygen atoms in total. The Morgan fingerprint density at radius 3 is 2.69 bits per heavy atom. The number of amides is 1. The van der Waals surface area contributed by atoms with Crippen molar-refractivity contribution >= 4 is 38.1 Å². The number of aryl methyl sites for hydroxylation is 2. The van der Waals surface area contributed by atoms with Gasteiger partial charge in [0.05, 0.1) is 21.5 Å². The highest BCUT2D eigenvalue weighted by atomic mass is 32.2. The summed E-state index contributed by atoms with van der Waals surface area (Å²) in [5, 5.41) is 3.41. The van der Waals surface area contributed by atoms with Crippen LogP contribution in [-0.4, -0.2) is 31.1 Å². The molecule has 29 heavy (non-hydrogen) atoms. The predicted molar refractivity (Wildman–Crippen MR) is 116 cm³/mol. The average Bonchev–Trinajstić information content (AvgIpc) is 3.44. The van der Waals surface area contributed by atoms with Gasteiger partial charge in [0.15, 0.2) is 5.13 Å². The first-order valence-corrected chi connectivity index (χ1v) is 12.7. The Kier molecular flexibility index (Phi) is 4.66. The van der Waals surface area contributed by atoms with Crippen molar-refractivity contribution in [3.63, 3.8) is 0 Å². The summed E-state index contributed by atoms with van der Waals surface area (Å²) >= 11 is 1.49. The molecule has 2 aromatic rings. The zero-order valence-electron chi connectivity index (χ0n) is 16.5. The van der Waals surface area contributed by atoms with E-state index in [2.05, 4.69) is 16.4 Å². The molecule has 1 aromatic heterocycles. The lowest BCUT2D eigenvalue weighted by atomic mass is 9.85. The third kappa shape index (κ3) is 3.46. The summed E-state index contributed by atoms with van der Waals surface area (Å²) in [5.41, 5.74) is 3.82. The molecule has 2 saturated carbocycles. The number of carbonyl (C=O) groups excluding carboxylic acids is 1. The zero-order chi connectivity index (χ0) is 20.2. The Bertz CT molecular complexity index is 1070. The molecule has 2 aliphatic carbocycles. The van der Waals surface area contributed by atoms with Crippen LogP contribution >= 0.6 is 11.3 Å². The van der Waals surface area contributed by atoms with Gasteiger partial charge in [-0.2, -0.15) is 0 Å². The predicted octanol–water partition coefficient (Wildman–Crippen LogP) is 4.10. The molecule has 1 aromatic carbocycles. The molecule has 8 heteroatoms. The Hall–Kier alpha value is -1.93. The van der Waals surface area contributed by atoms with Crippen molar-refractivity contribution in [3.8, 4) is 10.4 Å². The maximum absolute atomic E-state index is 12.8. The lowest BCUT2D eigenvalue weighted by Crippen LogP contribution is -2.37. The lowest BCUT2D eigenvalue weighted by molar-refractivity contribution is -0.122. The fourth-order valence-corrected chi connectivity index (χ4v) is 7.00. The van der Waals surface area contributed by atoms with Gasteiger partial charge in [-0.3, -0.25) is 9.10 Å². The second-order valence-corrected chi connectivity index (χ2v) is 11.5. The first-order valence-electron chi connectivity index (χ1n) is 10.4.